The van der Waals surface area contributed by atoms with Crippen LogP contribution < -0.4 is 10.5 Å². The van der Waals surface area contributed by atoms with Crippen molar-refractivity contribution in [3.05, 3.63) is 29.8 Å². The molecule has 0 aromatic heterocycles. The molecular formula is C15H20N2O3. The summed E-state index contributed by atoms with van der Waals surface area (Å²) in [5.74, 6) is 0.478. The molecule has 1 fully saturated rings. The lowest BCUT2D eigenvalue weighted by molar-refractivity contribution is -0.123. The molecule has 0 radical (unpaired) electrons. The summed E-state index contributed by atoms with van der Waals surface area (Å²) in [6, 6.07) is 7.17. The second-order valence-corrected chi connectivity index (χ2v) is 5.11. The van der Waals surface area contributed by atoms with Crippen molar-refractivity contribution in [2.24, 2.45) is 11.7 Å². The van der Waals surface area contributed by atoms with Gasteiger partial charge in [0.1, 0.15) is 5.75 Å². The molecule has 1 heterocycles. The number of primary amides is 1. The first-order valence-corrected chi connectivity index (χ1v) is 6.79. The number of Topliss-reactive ketones (excluding diaryl/α,β-unsaturated/α-hetero) is 1. The zero-order chi connectivity index (χ0) is 14.5. The molecule has 2 rings (SSSR count). The van der Waals surface area contributed by atoms with Crippen molar-refractivity contribution in [1.82, 2.24) is 4.90 Å². The van der Waals surface area contributed by atoms with Crippen LogP contribution in [0.1, 0.15) is 23.2 Å². The summed E-state index contributed by atoms with van der Waals surface area (Å²) < 4.78 is 5.12. The highest BCUT2D eigenvalue weighted by Crippen LogP contribution is 2.18. The predicted octanol–water partition coefficient (Wildman–Crippen LogP) is 1.08. The van der Waals surface area contributed by atoms with Crippen LogP contribution >= 0.6 is 0 Å². The second-order valence-electron chi connectivity index (χ2n) is 5.11. The molecule has 1 saturated heterocycles. The van der Waals surface area contributed by atoms with Crippen LogP contribution in [0.25, 0.3) is 0 Å². The predicted molar refractivity (Wildman–Crippen MR) is 75.7 cm³/mol. The van der Waals surface area contributed by atoms with Crippen molar-refractivity contribution in [2.75, 3.05) is 26.7 Å². The number of benzene rings is 1. The molecule has 108 valence electrons. The zero-order valence-corrected chi connectivity index (χ0v) is 11.7. The SMILES string of the molecule is COc1cccc(C(=O)CN2CCC(C(N)=O)CC2)c1. The van der Waals surface area contributed by atoms with Gasteiger partial charge in [-0.15, -0.1) is 0 Å². The number of methoxy groups -OCH3 is 1. The fraction of sp³-hybridized carbons (Fsp3) is 0.467. The molecule has 0 saturated carbocycles. The number of hydrogen-bond acceptors (Lipinski definition) is 4. The first-order chi connectivity index (χ1) is 9.60. The van der Waals surface area contributed by atoms with E-state index in [1.54, 1.807) is 19.2 Å². The van der Waals surface area contributed by atoms with Crippen LogP contribution in [0.15, 0.2) is 24.3 Å². The Balaban J connectivity index is 1.90. The number of carbonyl (C=O) groups excluding carboxylic acids is 2. The standard InChI is InChI=1S/C15H20N2O3/c1-20-13-4-2-3-12(9-13)14(18)10-17-7-5-11(6-8-17)15(16)19/h2-4,9,11H,5-8,10H2,1H3,(H2,16,19). The fourth-order valence-corrected chi connectivity index (χ4v) is 2.47. The second kappa shape index (κ2) is 6.52. The highest BCUT2D eigenvalue weighted by atomic mass is 16.5. The van der Waals surface area contributed by atoms with Crippen molar-refractivity contribution in [3.63, 3.8) is 0 Å². The van der Waals surface area contributed by atoms with E-state index in [2.05, 4.69) is 4.90 Å². The van der Waals surface area contributed by atoms with Crippen LogP contribution in [0.2, 0.25) is 0 Å². The van der Waals surface area contributed by atoms with Gasteiger partial charge in [-0.2, -0.15) is 0 Å². The number of nitrogens with two attached hydrogens (primary N) is 1. The van der Waals surface area contributed by atoms with Crippen molar-refractivity contribution in [2.45, 2.75) is 12.8 Å². The lowest BCUT2D eigenvalue weighted by Gasteiger charge is -2.29. The number of hydrogen-bond donors (Lipinski definition) is 1. The molecule has 1 aliphatic heterocycles. The summed E-state index contributed by atoms with van der Waals surface area (Å²) >= 11 is 0. The monoisotopic (exact) mass is 276 g/mol. The van der Waals surface area contributed by atoms with Crippen molar-refractivity contribution in [1.29, 1.82) is 0 Å². The van der Waals surface area contributed by atoms with Gasteiger partial charge < -0.3 is 10.5 Å². The first kappa shape index (κ1) is 14.5. The van der Waals surface area contributed by atoms with Crippen LogP contribution in [0.4, 0.5) is 0 Å². The van der Waals surface area contributed by atoms with Gasteiger partial charge in [-0.25, -0.2) is 0 Å². The summed E-state index contributed by atoms with van der Waals surface area (Å²) in [6.07, 6.45) is 1.47. The minimum Gasteiger partial charge on any atom is -0.497 e. The molecule has 0 aliphatic carbocycles. The van der Waals surface area contributed by atoms with Crippen molar-refractivity contribution in [3.8, 4) is 5.75 Å². The maximum atomic E-state index is 12.2. The molecule has 2 N–H and O–H groups in total. The van der Waals surface area contributed by atoms with E-state index in [-0.39, 0.29) is 17.6 Å². The normalized spacial score (nSPS) is 16.9. The molecule has 20 heavy (non-hydrogen) atoms. The van der Waals surface area contributed by atoms with Gasteiger partial charge in [0.15, 0.2) is 5.78 Å². The Morgan fingerprint density at radius 3 is 2.65 bits per heavy atom. The Morgan fingerprint density at radius 2 is 2.05 bits per heavy atom. The number of ether oxygens (including phenoxy) is 1. The molecule has 1 aromatic rings. The van der Waals surface area contributed by atoms with Crippen LogP contribution in [-0.2, 0) is 4.79 Å². The van der Waals surface area contributed by atoms with Crippen LogP contribution in [0, 0.1) is 5.92 Å². The lowest BCUT2D eigenvalue weighted by atomic mass is 9.96. The topological polar surface area (TPSA) is 72.6 Å². The van der Waals surface area contributed by atoms with Gasteiger partial charge in [-0.1, -0.05) is 12.1 Å². The largest absolute Gasteiger partial charge is 0.497 e. The van der Waals surface area contributed by atoms with Gasteiger partial charge in [0.05, 0.1) is 13.7 Å². The maximum Gasteiger partial charge on any atom is 0.220 e. The highest BCUT2D eigenvalue weighted by molar-refractivity contribution is 5.98. The fourth-order valence-electron chi connectivity index (χ4n) is 2.47. The van der Waals surface area contributed by atoms with E-state index >= 15 is 0 Å². The van der Waals surface area contributed by atoms with E-state index < -0.39 is 0 Å². The smallest absolute Gasteiger partial charge is 0.220 e. The van der Waals surface area contributed by atoms with Crippen molar-refractivity contribution >= 4 is 11.7 Å². The summed E-state index contributed by atoms with van der Waals surface area (Å²) in [4.78, 5) is 25.4. The van der Waals surface area contributed by atoms with E-state index in [0.29, 0.717) is 17.9 Å². The minimum atomic E-state index is -0.233. The van der Waals surface area contributed by atoms with E-state index in [1.165, 1.54) is 0 Å². The molecule has 0 unspecified atom stereocenters. The van der Waals surface area contributed by atoms with Crippen molar-refractivity contribution < 1.29 is 14.3 Å². The average molecular weight is 276 g/mol. The molecule has 1 amide bonds. The lowest BCUT2D eigenvalue weighted by Crippen LogP contribution is -2.40. The Morgan fingerprint density at radius 1 is 1.35 bits per heavy atom. The molecule has 1 aromatic carbocycles. The van der Waals surface area contributed by atoms with Gasteiger partial charge >= 0.3 is 0 Å². The van der Waals surface area contributed by atoms with E-state index in [0.717, 1.165) is 25.9 Å². The number of rotatable bonds is 5. The molecular weight excluding hydrogens is 256 g/mol. The summed E-state index contributed by atoms with van der Waals surface area (Å²) in [6.45, 7) is 1.85. The Kier molecular flexibility index (Phi) is 4.74. The molecule has 5 heteroatoms. The number of ketones is 1. The minimum absolute atomic E-state index is 0.0434. The third kappa shape index (κ3) is 3.57. The first-order valence-electron chi connectivity index (χ1n) is 6.79. The third-order valence-corrected chi connectivity index (χ3v) is 3.75. The molecule has 5 nitrogen and oxygen atoms in total. The Hall–Kier alpha value is -1.88. The average Bonchev–Trinajstić information content (AvgIpc) is 2.47. The van der Waals surface area contributed by atoms with Crippen LogP contribution in [0.5, 0.6) is 5.75 Å². The molecule has 0 bridgehead atoms. The number of carbonyl (C=O) groups is 2. The highest BCUT2D eigenvalue weighted by Gasteiger charge is 2.24. The quantitative estimate of drug-likeness (QED) is 0.817. The maximum absolute atomic E-state index is 12.2. The third-order valence-electron chi connectivity index (χ3n) is 3.75. The number of amides is 1. The Labute approximate surface area is 118 Å². The molecule has 0 atom stereocenters. The van der Waals surface area contributed by atoms with Gasteiger partial charge in [0, 0.05) is 11.5 Å². The number of piperidine rings is 1. The van der Waals surface area contributed by atoms with Gasteiger partial charge in [-0.05, 0) is 38.1 Å². The number of nitrogens with zero attached hydrogens (tertiary/aromatic N) is 1. The van der Waals surface area contributed by atoms with E-state index in [9.17, 15) is 9.59 Å². The molecule has 1 aliphatic rings. The number of likely N-dealkylation sites (tertiary alicyclic amines) is 1. The van der Waals surface area contributed by atoms with Crippen LogP contribution in [-0.4, -0.2) is 43.3 Å². The molecule has 0 spiro atoms. The van der Waals surface area contributed by atoms with Gasteiger partial charge in [0.25, 0.3) is 0 Å². The van der Waals surface area contributed by atoms with Gasteiger partial charge in [-0.3, -0.25) is 14.5 Å². The Bertz CT molecular complexity index is 494. The zero-order valence-electron chi connectivity index (χ0n) is 11.7. The van der Waals surface area contributed by atoms with Gasteiger partial charge in [0.2, 0.25) is 5.91 Å². The van der Waals surface area contributed by atoms with Crippen LogP contribution in [0.3, 0.4) is 0 Å². The summed E-state index contributed by atoms with van der Waals surface area (Å²) in [7, 11) is 1.58. The van der Waals surface area contributed by atoms with E-state index in [4.69, 9.17) is 10.5 Å². The van der Waals surface area contributed by atoms with E-state index in [1.807, 2.05) is 12.1 Å². The summed E-state index contributed by atoms with van der Waals surface area (Å²) in [5, 5.41) is 0. The summed E-state index contributed by atoms with van der Waals surface area (Å²) in [5.41, 5.74) is 5.95.